The number of nitrogens with two attached hydrogens (primary N) is 1. The third-order valence-corrected chi connectivity index (χ3v) is 5.07. The van der Waals surface area contributed by atoms with Crippen molar-refractivity contribution in [2.75, 3.05) is 55.1 Å². The predicted molar refractivity (Wildman–Crippen MR) is 107 cm³/mol. The molecular weight excluding hydrogens is 374 g/mol. The molecule has 2 aromatic heterocycles. The largest absolute Gasteiger partial charge is 0.489 e. The number of hydrogen-bond donors (Lipinski definition) is 2. The molecule has 0 spiro atoms. The molecule has 0 bridgehead atoms. The fourth-order valence-corrected chi connectivity index (χ4v) is 3.68. The molecule has 3 N–H and O–H groups in total. The van der Waals surface area contributed by atoms with Gasteiger partial charge in [0, 0.05) is 19.3 Å². The van der Waals surface area contributed by atoms with Crippen LogP contribution in [0.2, 0.25) is 0 Å². The van der Waals surface area contributed by atoms with Gasteiger partial charge in [-0.3, -0.25) is 19.6 Å². The molecule has 1 amide bonds. The predicted octanol–water partition coefficient (Wildman–Crippen LogP) is 0.692. The number of imidazole rings is 1. The molecule has 1 aromatic carbocycles. The van der Waals surface area contributed by atoms with Crippen molar-refractivity contribution in [3.8, 4) is 5.75 Å². The number of hydrogen-bond acceptors (Lipinski definition) is 8. The molecule has 1 saturated heterocycles. The van der Waals surface area contributed by atoms with E-state index < -0.39 is 0 Å². The van der Waals surface area contributed by atoms with Crippen molar-refractivity contribution in [2.45, 2.75) is 0 Å². The number of nitrogen functional groups attached to an aromatic ring is 1. The number of nitrogens with one attached hydrogen (secondary N) is 1. The van der Waals surface area contributed by atoms with E-state index in [9.17, 15) is 4.79 Å². The highest BCUT2D eigenvalue weighted by Crippen LogP contribution is 2.30. The summed E-state index contributed by atoms with van der Waals surface area (Å²) in [6, 6.07) is 7.61. The Hall–Kier alpha value is -3.53. The van der Waals surface area contributed by atoms with E-state index in [0.717, 1.165) is 11.4 Å². The van der Waals surface area contributed by atoms with Crippen molar-refractivity contribution in [1.29, 1.82) is 0 Å². The van der Waals surface area contributed by atoms with Crippen LogP contribution in [0.3, 0.4) is 0 Å². The van der Waals surface area contributed by atoms with Crippen molar-refractivity contribution in [1.82, 2.24) is 19.8 Å². The SMILES string of the molecule is Nc1ncn2c(N3CCOCC3)c(C(=O)NN3CCOc4ccccc43)cnc12. The summed E-state index contributed by atoms with van der Waals surface area (Å²) in [6.45, 7) is 3.54. The van der Waals surface area contributed by atoms with E-state index in [1.807, 2.05) is 24.3 Å². The Balaban J connectivity index is 1.52. The molecule has 10 heteroatoms. The number of morpholine rings is 1. The van der Waals surface area contributed by atoms with Crippen LogP contribution in [0.4, 0.5) is 17.3 Å². The lowest BCUT2D eigenvalue weighted by Crippen LogP contribution is -2.47. The van der Waals surface area contributed by atoms with E-state index in [4.69, 9.17) is 15.2 Å². The van der Waals surface area contributed by atoms with Gasteiger partial charge in [-0.05, 0) is 12.1 Å². The molecule has 2 aliphatic heterocycles. The van der Waals surface area contributed by atoms with Gasteiger partial charge in [-0.15, -0.1) is 0 Å². The quantitative estimate of drug-likeness (QED) is 0.667. The summed E-state index contributed by atoms with van der Waals surface area (Å²) in [6.07, 6.45) is 3.16. The highest BCUT2D eigenvalue weighted by Gasteiger charge is 2.26. The average molecular weight is 395 g/mol. The number of hydrazine groups is 1. The lowest BCUT2D eigenvalue weighted by molar-refractivity contribution is 0.0942. The lowest BCUT2D eigenvalue weighted by Gasteiger charge is -2.33. The Labute approximate surface area is 166 Å². The highest BCUT2D eigenvalue weighted by molar-refractivity contribution is 6.00. The van der Waals surface area contributed by atoms with E-state index in [1.54, 1.807) is 21.9 Å². The number of benzene rings is 1. The minimum atomic E-state index is -0.259. The second-order valence-electron chi connectivity index (χ2n) is 6.83. The highest BCUT2D eigenvalue weighted by atomic mass is 16.5. The van der Waals surface area contributed by atoms with Crippen LogP contribution in [0.5, 0.6) is 5.75 Å². The maximum absolute atomic E-state index is 13.3. The summed E-state index contributed by atoms with van der Waals surface area (Å²) in [4.78, 5) is 23.9. The topological polar surface area (TPSA) is 110 Å². The van der Waals surface area contributed by atoms with E-state index in [-0.39, 0.29) is 5.91 Å². The monoisotopic (exact) mass is 395 g/mol. The van der Waals surface area contributed by atoms with Crippen molar-refractivity contribution in [3.05, 3.63) is 42.4 Å². The molecule has 5 rings (SSSR count). The summed E-state index contributed by atoms with van der Waals surface area (Å²) in [5.41, 5.74) is 10.7. The molecule has 4 heterocycles. The van der Waals surface area contributed by atoms with Crippen LogP contribution in [-0.2, 0) is 4.74 Å². The molecule has 0 aliphatic carbocycles. The van der Waals surface area contributed by atoms with Gasteiger partial charge in [0.05, 0.1) is 25.4 Å². The van der Waals surface area contributed by atoms with E-state index in [0.29, 0.717) is 62.3 Å². The summed E-state index contributed by atoms with van der Waals surface area (Å²) in [7, 11) is 0. The van der Waals surface area contributed by atoms with Crippen LogP contribution >= 0.6 is 0 Å². The minimum absolute atomic E-state index is 0.259. The molecule has 10 nitrogen and oxygen atoms in total. The minimum Gasteiger partial charge on any atom is -0.489 e. The second-order valence-corrected chi connectivity index (χ2v) is 6.83. The number of aromatic nitrogens is 3. The lowest BCUT2D eigenvalue weighted by atomic mass is 10.2. The number of para-hydroxylation sites is 2. The smallest absolute Gasteiger partial charge is 0.275 e. The number of amides is 1. The summed E-state index contributed by atoms with van der Waals surface area (Å²) in [5.74, 6) is 1.52. The summed E-state index contributed by atoms with van der Waals surface area (Å²) >= 11 is 0. The number of nitrogens with zero attached hydrogens (tertiary/aromatic N) is 5. The van der Waals surface area contributed by atoms with Gasteiger partial charge in [0.15, 0.2) is 11.5 Å². The zero-order chi connectivity index (χ0) is 19.8. The zero-order valence-corrected chi connectivity index (χ0v) is 15.7. The van der Waals surface area contributed by atoms with E-state index in [1.165, 1.54) is 0 Å². The Kier molecular flexibility index (Phi) is 4.32. The molecule has 0 radical (unpaired) electrons. The third-order valence-electron chi connectivity index (χ3n) is 5.07. The zero-order valence-electron chi connectivity index (χ0n) is 15.7. The third kappa shape index (κ3) is 3.07. The van der Waals surface area contributed by atoms with Crippen molar-refractivity contribution in [3.63, 3.8) is 0 Å². The molecule has 0 atom stereocenters. The number of carbonyl (C=O) groups is 1. The Bertz CT molecular complexity index is 1060. The first-order chi connectivity index (χ1) is 14.2. The number of fused-ring (bicyclic) bond motifs is 2. The Morgan fingerprint density at radius 1 is 1.10 bits per heavy atom. The molecule has 0 saturated carbocycles. The van der Waals surface area contributed by atoms with Crippen LogP contribution in [0.15, 0.2) is 36.8 Å². The van der Waals surface area contributed by atoms with Crippen LogP contribution in [0.1, 0.15) is 10.4 Å². The van der Waals surface area contributed by atoms with Crippen LogP contribution < -0.4 is 25.8 Å². The van der Waals surface area contributed by atoms with E-state index >= 15 is 0 Å². The first kappa shape index (κ1) is 17.6. The molecule has 1 fully saturated rings. The number of anilines is 3. The van der Waals surface area contributed by atoms with Crippen molar-refractivity contribution < 1.29 is 14.3 Å². The van der Waals surface area contributed by atoms with Gasteiger partial charge in [0.25, 0.3) is 5.91 Å². The van der Waals surface area contributed by atoms with Crippen molar-refractivity contribution >= 4 is 28.9 Å². The second kappa shape index (κ2) is 7.13. The number of ether oxygens (including phenoxy) is 2. The average Bonchev–Trinajstić information content (AvgIpc) is 3.15. The van der Waals surface area contributed by atoms with Gasteiger partial charge in [-0.1, -0.05) is 12.1 Å². The molecule has 3 aromatic rings. The summed E-state index contributed by atoms with van der Waals surface area (Å²) < 4.78 is 12.9. The number of rotatable bonds is 3. The fraction of sp³-hybridized carbons (Fsp3) is 0.316. The molecular formula is C19H21N7O3. The van der Waals surface area contributed by atoms with Gasteiger partial charge in [0.1, 0.15) is 30.1 Å². The first-order valence-corrected chi connectivity index (χ1v) is 9.47. The maximum atomic E-state index is 13.3. The molecule has 29 heavy (non-hydrogen) atoms. The number of carbonyl (C=O) groups excluding carboxylic acids is 1. The first-order valence-electron chi connectivity index (χ1n) is 9.47. The Morgan fingerprint density at radius 2 is 1.93 bits per heavy atom. The molecule has 2 aliphatic rings. The van der Waals surface area contributed by atoms with Crippen LogP contribution in [-0.4, -0.2) is 59.7 Å². The van der Waals surface area contributed by atoms with Gasteiger partial charge >= 0.3 is 0 Å². The molecule has 150 valence electrons. The van der Waals surface area contributed by atoms with Crippen LogP contribution in [0, 0.1) is 0 Å². The molecule has 0 unspecified atom stereocenters. The van der Waals surface area contributed by atoms with Crippen LogP contribution in [0.25, 0.3) is 5.65 Å². The van der Waals surface area contributed by atoms with E-state index in [2.05, 4.69) is 20.3 Å². The van der Waals surface area contributed by atoms with Gasteiger partial charge in [-0.25, -0.2) is 9.97 Å². The fourth-order valence-electron chi connectivity index (χ4n) is 3.68. The van der Waals surface area contributed by atoms with Gasteiger partial charge < -0.3 is 20.1 Å². The van der Waals surface area contributed by atoms with Crippen molar-refractivity contribution in [2.24, 2.45) is 0 Å². The maximum Gasteiger partial charge on any atom is 0.275 e. The summed E-state index contributed by atoms with van der Waals surface area (Å²) in [5, 5.41) is 1.80. The van der Waals surface area contributed by atoms with Gasteiger partial charge in [-0.2, -0.15) is 0 Å². The normalized spacial score (nSPS) is 16.4. The standard InChI is InChI=1S/C19H21N7O3/c20-16-17-21-11-13(19(25(17)12-22-16)24-5-8-28-9-6-24)18(27)23-26-7-10-29-15-4-2-1-3-14(15)26/h1-4,11-12H,5-10,20H2,(H,23,27). The van der Waals surface area contributed by atoms with Gasteiger partial charge in [0.2, 0.25) is 0 Å². The Morgan fingerprint density at radius 3 is 2.79 bits per heavy atom.